The van der Waals surface area contributed by atoms with Gasteiger partial charge in [-0.3, -0.25) is 0 Å². The Balaban J connectivity index is 2.90. The molecule has 0 saturated carbocycles. The summed E-state index contributed by atoms with van der Waals surface area (Å²) < 4.78 is 2.90. The number of fused-ring (bicyclic) bond motifs is 1. The second-order valence-corrected chi connectivity index (χ2v) is 6.29. The first-order valence-electron chi connectivity index (χ1n) is 3.56. The molecule has 0 aliphatic rings. The fraction of sp³-hybridized carbons (Fsp3) is 0.143. The third-order valence-corrected chi connectivity index (χ3v) is 3.40. The number of aromatic nitrogens is 3. The zero-order valence-corrected chi connectivity index (χ0v) is 14.8. The molecule has 11 heavy (non-hydrogen) atoms. The van der Waals surface area contributed by atoms with Crippen molar-refractivity contribution in [2.24, 2.45) is 0 Å². The molecule has 0 spiro atoms. The Morgan fingerprint density at radius 2 is 2.36 bits per heavy atom. The Hall–Kier alpha value is 0.0875. The summed E-state index contributed by atoms with van der Waals surface area (Å²) >= 11 is 0.278. The number of hydrogen-bond donors (Lipinski definition) is 0. The van der Waals surface area contributed by atoms with Crippen LogP contribution in [0, 0.1) is 49.7 Å². The van der Waals surface area contributed by atoms with Gasteiger partial charge in [-0.25, -0.2) is 0 Å². The van der Waals surface area contributed by atoms with Crippen molar-refractivity contribution in [1.82, 2.24) is 14.6 Å². The molecule has 0 aliphatic carbocycles. The van der Waals surface area contributed by atoms with Crippen LogP contribution in [0.4, 0.5) is 0 Å². The first-order chi connectivity index (χ1) is 5.27. The van der Waals surface area contributed by atoms with E-state index in [1.807, 2.05) is 16.8 Å². The van der Waals surface area contributed by atoms with E-state index in [4.69, 9.17) is 0 Å². The molecule has 0 N–H and O–H groups in total. The third-order valence-electron chi connectivity index (χ3n) is 1.66. The summed E-state index contributed by atoms with van der Waals surface area (Å²) in [6.07, 6.45) is 1.94. The van der Waals surface area contributed by atoms with Crippen LogP contribution in [-0.4, -0.2) is 14.6 Å². The number of nitrogens with zero attached hydrogens (tertiary/aromatic N) is 3. The van der Waals surface area contributed by atoms with Crippen LogP contribution >= 0.6 is 0 Å². The van der Waals surface area contributed by atoms with Crippen LogP contribution in [0.3, 0.4) is 0 Å². The van der Waals surface area contributed by atoms with E-state index in [2.05, 4.69) is 23.1 Å². The summed E-state index contributed by atoms with van der Waals surface area (Å²) in [7, 11) is 0. The molecule has 0 saturated heterocycles. The van der Waals surface area contributed by atoms with E-state index in [0.29, 0.717) is 0 Å². The molecule has 2 rings (SSSR count). The van der Waals surface area contributed by atoms with Gasteiger partial charge in [0, 0.05) is 0 Å². The molecule has 2 aromatic rings. The van der Waals surface area contributed by atoms with Gasteiger partial charge in [-0.05, 0) is 0 Å². The van der Waals surface area contributed by atoms with Crippen molar-refractivity contribution in [1.29, 1.82) is 0 Å². The van der Waals surface area contributed by atoms with Crippen molar-refractivity contribution in [2.45, 2.75) is 6.92 Å². The summed E-state index contributed by atoms with van der Waals surface area (Å²) in [5, 5.41) is 4.28. The molecule has 3 nitrogen and oxygen atoms in total. The van der Waals surface area contributed by atoms with Crippen LogP contribution in [0.25, 0.3) is 5.65 Å². The van der Waals surface area contributed by atoms with Crippen LogP contribution in [0.2, 0.25) is 0 Å². The topological polar surface area (TPSA) is 30.2 Å². The SMILES string of the molecule is Cc1cccn2n[c]([RaH])nc12. The quantitative estimate of drug-likeness (QED) is 0.660. The Morgan fingerprint density at radius 1 is 1.55 bits per heavy atom. The molecule has 0 aromatic carbocycles. The van der Waals surface area contributed by atoms with Crippen LogP contribution in [0.15, 0.2) is 18.3 Å². The maximum absolute atomic E-state index is 4.37. The third kappa shape index (κ3) is 1.35. The predicted molar refractivity (Wildman–Crippen MR) is 38.8 cm³/mol. The number of pyridine rings is 1. The summed E-state index contributed by atoms with van der Waals surface area (Å²) in [6, 6.07) is 4.05. The molecule has 4 heteroatoms. The number of hydrogen-bond acceptors (Lipinski definition) is 2. The van der Waals surface area contributed by atoms with E-state index in [0.717, 1.165) is 6.51 Å². The fourth-order valence-electron chi connectivity index (χ4n) is 1.15. The zero-order valence-electron chi connectivity index (χ0n) is 6.57. The van der Waals surface area contributed by atoms with Gasteiger partial charge in [0.1, 0.15) is 0 Å². The van der Waals surface area contributed by atoms with Crippen LogP contribution in [0.1, 0.15) is 5.56 Å². The normalized spacial score (nSPS) is 10.5. The Labute approximate surface area is 93.6 Å². The molecule has 0 amide bonds. The van der Waals surface area contributed by atoms with Gasteiger partial charge in [-0.1, -0.05) is 0 Å². The van der Waals surface area contributed by atoms with Crippen molar-refractivity contribution >= 4 is 6.51 Å². The van der Waals surface area contributed by atoms with E-state index in [1.165, 1.54) is 5.56 Å². The average Bonchev–Trinajstić information content (AvgIpc) is 2.31. The molecule has 0 fully saturated rings. The Morgan fingerprint density at radius 3 is 3.09 bits per heavy atom. The fourth-order valence-corrected chi connectivity index (χ4v) is 2.90. The van der Waals surface area contributed by atoms with Crippen molar-refractivity contribution in [3.8, 4) is 0 Å². The van der Waals surface area contributed by atoms with E-state index in [1.54, 1.807) is 0 Å². The summed E-state index contributed by atoms with van der Waals surface area (Å²) in [5.41, 5.74) is 2.20. The molecule has 0 atom stereocenters. The molecule has 52 valence electrons. The zero-order chi connectivity index (χ0) is 7.84. The molecule has 0 bridgehead atoms. The second-order valence-electron chi connectivity index (χ2n) is 2.62. The van der Waals surface area contributed by atoms with Crippen molar-refractivity contribution < 1.29 is 42.8 Å². The molecule has 2 heterocycles. The van der Waals surface area contributed by atoms with E-state index in [9.17, 15) is 0 Å². The molecular formula is C7H7N3Ra. The molecule has 0 radical (unpaired) electrons. The number of rotatable bonds is 0. The van der Waals surface area contributed by atoms with Gasteiger partial charge in [0.05, 0.1) is 0 Å². The maximum atomic E-state index is 4.37. The van der Waals surface area contributed by atoms with Gasteiger partial charge >= 0.3 is 94.7 Å². The predicted octanol–water partition coefficient (Wildman–Crippen LogP) is -0.0554. The standard InChI is InChI=1S/C7H6N3.Ra.H/c1-6-3-2-4-10-7(6)8-5-9-10;;/h2-4H,1H3;;. The van der Waals surface area contributed by atoms with Crippen LogP contribution < -0.4 is 0.865 Å². The van der Waals surface area contributed by atoms with E-state index in [-0.39, 0.29) is 42.8 Å². The van der Waals surface area contributed by atoms with Crippen molar-refractivity contribution in [2.75, 3.05) is 0 Å². The van der Waals surface area contributed by atoms with Gasteiger partial charge in [0.2, 0.25) is 0 Å². The van der Waals surface area contributed by atoms with E-state index < -0.39 is 0 Å². The Bertz CT molecular complexity index is 393. The van der Waals surface area contributed by atoms with Crippen molar-refractivity contribution in [3.63, 3.8) is 0 Å². The average molecular weight is 359 g/mol. The minimum absolute atomic E-state index is 0.278. The summed E-state index contributed by atoms with van der Waals surface area (Å²) in [5.74, 6) is 0. The van der Waals surface area contributed by atoms with Gasteiger partial charge in [0.25, 0.3) is 0 Å². The summed E-state index contributed by atoms with van der Waals surface area (Å²) in [4.78, 5) is 4.37. The molecule has 2 aromatic heterocycles. The van der Waals surface area contributed by atoms with Gasteiger partial charge < -0.3 is 0 Å². The van der Waals surface area contributed by atoms with Gasteiger partial charge in [-0.15, -0.1) is 0 Å². The van der Waals surface area contributed by atoms with Gasteiger partial charge in [0.15, 0.2) is 0 Å². The molecule has 0 aliphatic heterocycles. The minimum atomic E-state index is 0.278. The van der Waals surface area contributed by atoms with Crippen LogP contribution in [0.5, 0.6) is 0 Å². The number of aryl methyl sites for hydroxylation is 1. The summed E-state index contributed by atoms with van der Waals surface area (Å²) in [6.45, 7) is 2.06. The monoisotopic (exact) mass is 359 g/mol. The second kappa shape index (κ2) is 2.85. The Kier molecular flexibility index (Phi) is 2.00. The van der Waals surface area contributed by atoms with Crippen LogP contribution in [-0.2, 0) is 0 Å². The first-order valence-corrected chi connectivity index (χ1v) is 7.67. The molecular weight excluding hydrogens is 352 g/mol. The molecule has 0 unspecified atom stereocenters. The van der Waals surface area contributed by atoms with Gasteiger partial charge in [-0.2, -0.15) is 0 Å². The van der Waals surface area contributed by atoms with Crippen molar-refractivity contribution in [3.05, 3.63) is 23.9 Å². The first kappa shape index (κ1) is 7.72. The van der Waals surface area contributed by atoms with E-state index >= 15 is 0 Å².